The first-order valence-electron chi connectivity index (χ1n) is 7.26. The van der Waals surface area contributed by atoms with E-state index in [1.54, 1.807) is 29.5 Å². The average molecular weight is 350 g/mol. The van der Waals surface area contributed by atoms with E-state index in [4.69, 9.17) is 27.6 Å². The van der Waals surface area contributed by atoms with Crippen LogP contribution >= 0.6 is 23.2 Å². The Kier molecular flexibility index (Phi) is 3.36. The lowest BCUT2D eigenvalue weighted by Gasteiger charge is -2.32. The van der Waals surface area contributed by atoms with Gasteiger partial charge in [0.2, 0.25) is 0 Å². The Balaban J connectivity index is 1.71. The molecule has 23 heavy (non-hydrogen) atoms. The highest BCUT2D eigenvalue weighted by Crippen LogP contribution is 2.31. The van der Waals surface area contributed by atoms with Gasteiger partial charge in [-0.1, -0.05) is 23.2 Å². The van der Waals surface area contributed by atoms with E-state index in [2.05, 4.69) is 5.10 Å². The molecule has 0 fully saturated rings. The zero-order valence-corrected chi connectivity index (χ0v) is 13.8. The molecule has 1 aliphatic heterocycles. The molecule has 0 spiro atoms. The first kappa shape index (κ1) is 14.6. The molecule has 4 heterocycles. The summed E-state index contributed by atoms with van der Waals surface area (Å²) in [5, 5.41) is 5.26. The molecule has 3 aromatic heterocycles. The number of halogens is 2. The van der Waals surface area contributed by atoms with Gasteiger partial charge in [0.05, 0.1) is 27.9 Å². The minimum absolute atomic E-state index is 0.0473. The number of carbonyl (C=O) groups excluding carboxylic acids is 1. The summed E-state index contributed by atoms with van der Waals surface area (Å²) >= 11 is 12.1. The van der Waals surface area contributed by atoms with Crippen molar-refractivity contribution in [2.75, 3.05) is 6.54 Å². The van der Waals surface area contributed by atoms with Crippen LogP contribution in [0.4, 0.5) is 0 Å². The highest BCUT2D eigenvalue weighted by Gasteiger charge is 2.31. The fourth-order valence-corrected chi connectivity index (χ4v) is 3.57. The number of carbonyl (C=O) groups is 1. The van der Waals surface area contributed by atoms with E-state index >= 15 is 0 Å². The van der Waals surface area contributed by atoms with Crippen LogP contribution in [0, 0.1) is 0 Å². The van der Waals surface area contributed by atoms with Gasteiger partial charge in [-0.25, -0.2) is 4.52 Å². The minimum Gasteiger partial charge on any atom is -0.469 e. The zero-order valence-electron chi connectivity index (χ0n) is 12.3. The van der Waals surface area contributed by atoms with Crippen molar-refractivity contribution in [2.24, 2.45) is 0 Å². The Hall–Kier alpha value is -1.98. The van der Waals surface area contributed by atoms with E-state index in [1.807, 2.05) is 13.0 Å². The van der Waals surface area contributed by atoms with Gasteiger partial charge in [-0.15, -0.1) is 0 Å². The molecule has 1 amide bonds. The Bertz CT molecular complexity index is 915. The maximum Gasteiger partial charge on any atom is 0.274 e. The number of aromatic nitrogens is 2. The number of amides is 1. The molecule has 5 nitrogen and oxygen atoms in total. The summed E-state index contributed by atoms with van der Waals surface area (Å²) < 4.78 is 6.98. The van der Waals surface area contributed by atoms with Crippen molar-refractivity contribution in [2.45, 2.75) is 19.4 Å². The number of hydrogen-bond donors (Lipinski definition) is 0. The lowest BCUT2D eigenvalue weighted by molar-refractivity contribution is 0.0664. The third kappa shape index (κ3) is 2.31. The number of furan rings is 1. The molecule has 0 saturated carbocycles. The average Bonchev–Trinajstić information content (AvgIpc) is 3.13. The molecule has 0 bridgehead atoms. The molecular weight excluding hydrogens is 337 g/mol. The van der Waals surface area contributed by atoms with Gasteiger partial charge in [0.15, 0.2) is 5.69 Å². The number of rotatable bonds is 1. The molecule has 0 aromatic carbocycles. The van der Waals surface area contributed by atoms with E-state index in [-0.39, 0.29) is 11.9 Å². The molecule has 4 rings (SSSR count). The van der Waals surface area contributed by atoms with Crippen LogP contribution < -0.4 is 0 Å². The molecule has 118 valence electrons. The second kappa shape index (κ2) is 5.28. The van der Waals surface area contributed by atoms with E-state index in [1.165, 1.54) is 4.52 Å². The van der Waals surface area contributed by atoms with Gasteiger partial charge in [0.25, 0.3) is 5.91 Å². The molecule has 1 aliphatic rings. The Morgan fingerprint density at radius 3 is 3.04 bits per heavy atom. The molecule has 0 N–H and O–H groups in total. The summed E-state index contributed by atoms with van der Waals surface area (Å²) in [7, 11) is 0. The minimum atomic E-state index is -0.125. The van der Waals surface area contributed by atoms with Gasteiger partial charge in [-0.3, -0.25) is 4.79 Å². The fraction of sp³-hybridized carbons (Fsp3) is 0.250. The summed E-state index contributed by atoms with van der Waals surface area (Å²) in [6, 6.07) is 5.20. The van der Waals surface area contributed by atoms with Crippen molar-refractivity contribution in [1.82, 2.24) is 14.5 Å². The van der Waals surface area contributed by atoms with Crippen molar-refractivity contribution in [3.8, 4) is 0 Å². The van der Waals surface area contributed by atoms with Gasteiger partial charge in [0.1, 0.15) is 5.76 Å². The van der Waals surface area contributed by atoms with E-state index in [9.17, 15) is 4.79 Å². The van der Waals surface area contributed by atoms with Crippen molar-refractivity contribution >= 4 is 34.6 Å². The molecule has 1 unspecified atom stereocenters. The second-order valence-corrected chi connectivity index (χ2v) is 6.43. The lowest BCUT2D eigenvalue weighted by atomic mass is 10.0. The van der Waals surface area contributed by atoms with Gasteiger partial charge in [0, 0.05) is 24.7 Å². The maximum absolute atomic E-state index is 12.9. The van der Waals surface area contributed by atoms with Gasteiger partial charge < -0.3 is 9.32 Å². The Morgan fingerprint density at radius 1 is 1.39 bits per heavy atom. The highest BCUT2D eigenvalue weighted by atomic mass is 35.5. The summed E-state index contributed by atoms with van der Waals surface area (Å²) in [4.78, 5) is 14.7. The van der Waals surface area contributed by atoms with Crippen LogP contribution in [0.15, 0.2) is 35.1 Å². The molecule has 0 radical (unpaired) electrons. The SMILES string of the molecule is CC1c2ccoc2CCN1C(=O)c1cc2c(Cl)cc(Cl)cn2n1. The number of pyridine rings is 1. The van der Waals surface area contributed by atoms with Gasteiger partial charge in [-0.05, 0) is 25.1 Å². The summed E-state index contributed by atoms with van der Waals surface area (Å²) in [6.45, 7) is 2.59. The normalized spacial score (nSPS) is 17.5. The topological polar surface area (TPSA) is 50.8 Å². The van der Waals surface area contributed by atoms with Crippen LogP contribution in [0.5, 0.6) is 0 Å². The van der Waals surface area contributed by atoms with E-state index < -0.39 is 0 Å². The Morgan fingerprint density at radius 2 is 2.22 bits per heavy atom. The highest BCUT2D eigenvalue weighted by molar-refractivity contribution is 6.36. The fourth-order valence-electron chi connectivity index (χ4n) is 3.06. The second-order valence-electron chi connectivity index (χ2n) is 5.59. The first-order valence-corrected chi connectivity index (χ1v) is 8.02. The largest absolute Gasteiger partial charge is 0.469 e. The first-order chi connectivity index (χ1) is 11.0. The molecule has 7 heteroatoms. The van der Waals surface area contributed by atoms with Crippen LogP contribution in [0.3, 0.4) is 0 Å². The van der Waals surface area contributed by atoms with Crippen LogP contribution in [-0.2, 0) is 6.42 Å². The van der Waals surface area contributed by atoms with Crippen molar-refractivity contribution in [3.63, 3.8) is 0 Å². The summed E-state index contributed by atoms with van der Waals surface area (Å²) in [5.41, 5.74) is 2.07. The number of nitrogens with zero attached hydrogens (tertiary/aromatic N) is 3. The smallest absolute Gasteiger partial charge is 0.274 e. The quantitative estimate of drug-likeness (QED) is 0.667. The molecule has 1 atom stereocenters. The summed E-state index contributed by atoms with van der Waals surface area (Å²) in [5.74, 6) is 0.826. The van der Waals surface area contributed by atoms with Gasteiger partial charge in [-0.2, -0.15) is 5.10 Å². The lowest BCUT2D eigenvalue weighted by Crippen LogP contribution is -2.38. The zero-order chi connectivity index (χ0) is 16.1. The molecule has 0 aliphatic carbocycles. The van der Waals surface area contributed by atoms with E-state index in [0.717, 1.165) is 11.3 Å². The number of hydrogen-bond acceptors (Lipinski definition) is 3. The van der Waals surface area contributed by atoms with Crippen molar-refractivity contribution in [1.29, 1.82) is 0 Å². The van der Waals surface area contributed by atoms with E-state index in [0.29, 0.717) is 34.2 Å². The summed E-state index contributed by atoms with van der Waals surface area (Å²) in [6.07, 6.45) is 4.01. The van der Waals surface area contributed by atoms with Crippen LogP contribution in [0.25, 0.3) is 5.52 Å². The third-order valence-electron chi connectivity index (χ3n) is 4.25. The van der Waals surface area contributed by atoms with Gasteiger partial charge >= 0.3 is 0 Å². The predicted molar refractivity (Wildman–Crippen MR) is 87.1 cm³/mol. The third-order valence-corrected chi connectivity index (χ3v) is 4.76. The molecule has 3 aromatic rings. The standard InChI is InChI=1S/C16H13Cl2N3O2/c1-9-11-3-5-23-15(11)2-4-20(9)16(22)13-7-14-12(18)6-10(17)8-21(14)19-13/h3,5-9H,2,4H2,1H3. The maximum atomic E-state index is 12.9. The van der Waals surface area contributed by atoms with Crippen LogP contribution in [0.2, 0.25) is 10.0 Å². The molecular formula is C16H13Cl2N3O2. The van der Waals surface area contributed by atoms with Crippen LogP contribution in [0.1, 0.15) is 34.8 Å². The Labute approximate surface area is 142 Å². The number of fused-ring (bicyclic) bond motifs is 2. The van der Waals surface area contributed by atoms with Crippen molar-refractivity contribution < 1.29 is 9.21 Å². The predicted octanol–water partition coefficient (Wildman–Crippen LogP) is 3.99. The molecule has 0 saturated heterocycles. The van der Waals surface area contributed by atoms with Crippen molar-refractivity contribution in [3.05, 3.63) is 57.7 Å². The monoisotopic (exact) mass is 349 g/mol. The van der Waals surface area contributed by atoms with Crippen LogP contribution in [-0.4, -0.2) is 27.0 Å².